The number of rotatable bonds is 3. The number of benzene rings is 1. The van der Waals surface area contributed by atoms with Crippen molar-refractivity contribution in [3.05, 3.63) is 24.3 Å². The van der Waals surface area contributed by atoms with Crippen molar-refractivity contribution in [1.29, 1.82) is 0 Å². The summed E-state index contributed by atoms with van der Waals surface area (Å²) in [6, 6.07) is 6.26. The first-order chi connectivity index (χ1) is 8.51. The quantitative estimate of drug-likeness (QED) is 0.906. The number of aromatic hydroxyl groups is 1. The minimum absolute atomic E-state index is 0.0631. The molecule has 1 aromatic carbocycles. The van der Waals surface area contributed by atoms with Crippen molar-refractivity contribution in [2.75, 3.05) is 24.4 Å². The second-order valence-corrected chi connectivity index (χ2v) is 6.41. The Kier molecular flexibility index (Phi) is 3.77. The molecule has 0 aromatic heterocycles. The van der Waals surface area contributed by atoms with Crippen molar-refractivity contribution in [2.45, 2.75) is 19.3 Å². The van der Waals surface area contributed by atoms with E-state index in [0.717, 1.165) is 19.3 Å². The smallest absolute Gasteiger partial charge is 0.303 e. The Hall–Kier alpha value is -1.27. The van der Waals surface area contributed by atoms with Gasteiger partial charge in [-0.3, -0.25) is 4.31 Å². The highest BCUT2D eigenvalue weighted by atomic mass is 32.2. The van der Waals surface area contributed by atoms with Gasteiger partial charge in [0.15, 0.2) is 0 Å². The zero-order valence-corrected chi connectivity index (χ0v) is 11.2. The van der Waals surface area contributed by atoms with Gasteiger partial charge in [0, 0.05) is 26.2 Å². The highest BCUT2D eigenvalue weighted by Gasteiger charge is 2.28. The first-order valence-electron chi connectivity index (χ1n) is 6.05. The van der Waals surface area contributed by atoms with E-state index in [1.165, 1.54) is 27.8 Å². The molecule has 100 valence electrons. The molecule has 6 heteroatoms. The average Bonchev–Trinajstić information content (AvgIpc) is 2.39. The highest BCUT2D eigenvalue weighted by Crippen LogP contribution is 2.24. The second-order valence-electron chi connectivity index (χ2n) is 4.45. The van der Waals surface area contributed by atoms with Crippen LogP contribution < -0.4 is 4.31 Å². The van der Waals surface area contributed by atoms with Crippen LogP contribution in [0.1, 0.15) is 19.3 Å². The van der Waals surface area contributed by atoms with Gasteiger partial charge in [-0.05, 0) is 25.0 Å². The minimum atomic E-state index is -3.48. The Balaban J connectivity index is 2.23. The lowest BCUT2D eigenvalue weighted by Crippen LogP contribution is -2.44. The molecule has 2 rings (SSSR count). The molecule has 1 fully saturated rings. The van der Waals surface area contributed by atoms with E-state index in [1.54, 1.807) is 12.1 Å². The zero-order valence-electron chi connectivity index (χ0n) is 10.4. The summed E-state index contributed by atoms with van der Waals surface area (Å²) >= 11 is 0. The Morgan fingerprint density at radius 2 is 1.89 bits per heavy atom. The number of phenolic OH excluding ortho intramolecular Hbond substituents is 1. The molecule has 1 saturated heterocycles. The van der Waals surface area contributed by atoms with E-state index in [1.807, 2.05) is 0 Å². The van der Waals surface area contributed by atoms with Crippen LogP contribution in [0.5, 0.6) is 5.75 Å². The molecule has 0 radical (unpaired) electrons. The molecule has 0 unspecified atom stereocenters. The Morgan fingerprint density at radius 1 is 1.22 bits per heavy atom. The van der Waals surface area contributed by atoms with E-state index < -0.39 is 10.2 Å². The van der Waals surface area contributed by atoms with E-state index in [4.69, 9.17) is 0 Å². The van der Waals surface area contributed by atoms with E-state index in [2.05, 4.69) is 0 Å². The van der Waals surface area contributed by atoms with Gasteiger partial charge in [-0.15, -0.1) is 0 Å². The van der Waals surface area contributed by atoms with Crippen molar-refractivity contribution in [2.24, 2.45) is 0 Å². The Morgan fingerprint density at radius 3 is 2.50 bits per heavy atom. The topological polar surface area (TPSA) is 60.9 Å². The molecule has 0 saturated carbocycles. The summed E-state index contributed by atoms with van der Waals surface area (Å²) in [4.78, 5) is 0. The maximum atomic E-state index is 12.4. The molecule has 1 N–H and O–H groups in total. The Bertz CT molecular complexity index is 510. The number of anilines is 1. The van der Waals surface area contributed by atoms with Gasteiger partial charge in [0.25, 0.3) is 0 Å². The predicted octanol–water partition coefficient (Wildman–Crippen LogP) is 1.56. The molecule has 0 spiro atoms. The fraction of sp³-hybridized carbons (Fsp3) is 0.500. The van der Waals surface area contributed by atoms with Crippen LogP contribution in [0.4, 0.5) is 5.69 Å². The van der Waals surface area contributed by atoms with Gasteiger partial charge in [-0.25, -0.2) is 0 Å². The number of hydrogen-bond donors (Lipinski definition) is 1. The SMILES string of the molecule is CN(c1cccc(O)c1)S(=O)(=O)N1CCCCC1. The largest absolute Gasteiger partial charge is 0.508 e. The third kappa shape index (κ3) is 2.59. The van der Waals surface area contributed by atoms with Gasteiger partial charge in [-0.2, -0.15) is 12.7 Å². The van der Waals surface area contributed by atoms with E-state index in [0.29, 0.717) is 18.8 Å². The number of hydrogen-bond acceptors (Lipinski definition) is 3. The second kappa shape index (κ2) is 5.16. The number of phenols is 1. The minimum Gasteiger partial charge on any atom is -0.508 e. The van der Waals surface area contributed by atoms with Crippen LogP contribution in [0, 0.1) is 0 Å². The van der Waals surface area contributed by atoms with E-state index >= 15 is 0 Å². The molecule has 0 atom stereocenters. The van der Waals surface area contributed by atoms with Crippen molar-refractivity contribution >= 4 is 15.9 Å². The van der Waals surface area contributed by atoms with Crippen molar-refractivity contribution in [1.82, 2.24) is 4.31 Å². The van der Waals surface area contributed by atoms with Crippen molar-refractivity contribution in [3.8, 4) is 5.75 Å². The fourth-order valence-corrected chi connectivity index (χ4v) is 3.54. The lowest BCUT2D eigenvalue weighted by atomic mass is 10.2. The third-order valence-electron chi connectivity index (χ3n) is 3.18. The first-order valence-corrected chi connectivity index (χ1v) is 7.44. The summed E-state index contributed by atoms with van der Waals surface area (Å²) in [5.74, 6) is 0.0631. The predicted molar refractivity (Wildman–Crippen MR) is 70.9 cm³/mol. The fourth-order valence-electron chi connectivity index (χ4n) is 2.09. The lowest BCUT2D eigenvalue weighted by molar-refractivity contribution is 0.346. The summed E-state index contributed by atoms with van der Waals surface area (Å²) in [5, 5.41) is 9.40. The van der Waals surface area contributed by atoms with Crippen molar-refractivity contribution < 1.29 is 13.5 Å². The van der Waals surface area contributed by atoms with Crippen LogP contribution in [-0.4, -0.2) is 38.0 Å². The van der Waals surface area contributed by atoms with Crippen molar-refractivity contribution in [3.63, 3.8) is 0 Å². The molecule has 1 aliphatic rings. The number of nitrogens with zero attached hydrogens (tertiary/aromatic N) is 2. The standard InChI is InChI=1S/C12H18N2O3S/c1-13(11-6-5-7-12(15)10-11)18(16,17)14-8-3-2-4-9-14/h5-7,10,15H,2-4,8-9H2,1H3. The summed E-state index contributed by atoms with van der Waals surface area (Å²) in [7, 11) is -1.96. The average molecular weight is 270 g/mol. The molecule has 0 amide bonds. The maximum Gasteiger partial charge on any atom is 0.303 e. The molecule has 5 nitrogen and oxygen atoms in total. The van der Waals surface area contributed by atoms with Gasteiger partial charge in [-0.1, -0.05) is 12.5 Å². The Labute approximate surface area is 108 Å². The molecular weight excluding hydrogens is 252 g/mol. The van der Waals surface area contributed by atoms with Crippen LogP contribution in [0.2, 0.25) is 0 Å². The monoisotopic (exact) mass is 270 g/mol. The summed E-state index contributed by atoms with van der Waals surface area (Å²) in [6.07, 6.45) is 2.90. The third-order valence-corrected chi connectivity index (χ3v) is 5.10. The van der Waals surface area contributed by atoms with Gasteiger partial charge in [0.05, 0.1) is 5.69 Å². The van der Waals surface area contributed by atoms with Gasteiger partial charge >= 0.3 is 10.2 Å². The normalized spacial score (nSPS) is 17.6. The van der Waals surface area contributed by atoms with E-state index in [9.17, 15) is 13.5 Å². The molecule has 18 heavy (non-hydrogen) atoms. The molecule has 0 aliphatic carbocycles. The lowest BCUT2D eigenvalue weighted by Gasteiger charge is -2.31. The molecular formula is C12H18N2O3S. The number of piperidine rings is 1. The first kappa shape index (κ1) is 13.2. The highest BCUT2D eigenvalue weighted by molar-refractivity contribution is 7.90. The zero-order chi connectivity index (χ0) is 13.2. The van der Waals surface area contributed by atoms with Gasteiger partial charge < -0.3 is 5.11 Å². The van der Waals surface area contributed by atoms with Gasteiger partial charge in [0.1, 0.15) is 5.75 Å². The summed E-state index contributed by atoms with van der Waals surface area (Å²) < 4.78 is 27.5. The molecule has 1 aliphatic heterocycles. The van der Waals surface area contributed by atoms with Crippen LogP contribution in [-0.2, 0) is 10.2 Å². The maximum absolute atomic E-state index is 12.4. The summed E-state index contributed by atoms with van der Waals surface area (Å²) in [5.41, 5.74) is 0.473. The van der Waals surface area contributed by atoms with Crippen LogP contribution >= 0.6 is 0 Å². The summed E-state index contributed by atoms with van der Waals surface area (Å²) in [6.45, 7) is 1.15. The molecule has 1 heterocycles. The molecule has 1 aromatic rings. The van der Waals surface area contributed by atoms with Crippen LogP contribution in [0.15, 0.2) is 24.3 Å². The van der Waals surface area contributed by atoms with Crippen LogP contribution in [0.25, 0.3) is 0 Å². The van der Waals surface area contributed by atoms with E-state index in [-0.39, 0.29) is 5.75 Å². The van der Waals surface area contributed by atoms with Crippen LogP contribution in [0.3, 0.4) is 0 Å². The molecule has 0 bridgehead atoms. The van der Waals surface area contributed by atoms with Gasteiger partial charge in [0.2, 0.25) is 0 Å².